The Balaban J connectivity index is 2.20. The molecule has 1 aliphatic rings. The molecule has 5 heteroatoms. The Labute approximate surface area is 124 Å². The minimum atomic E-state index is -0.139. The topological polar surface area (TPSA) is 59.7 Å². The van der Waals surface area contributed by atoms with Crippen molar-refractivity contribution in [2.45, 2.75) is 13.3 Å². The number of carbonyl (C=O) groups excluding carboxylic acids is 1. The molecule has 0 bridgehead atoms. The van der Waals surface area contributed by atoms with Gasteiger partial charge in [-0.2, -0.15) is 10.4 Å². The lowest BCUT2D eigenvalue weighted by molar-refractivity contribution is -0.125. The van der Waals surface area contributed by atoms with Crippen molar-refractivity contribution >= 4 is 23.4 Å². The summed E-state index contributed by atoms with van der Waals surface area (Å²) in [6.07, 6.45) is 2.13. The van der Waals surface area contributed by atoms with Gasteiger partial charge in [0.1, 0.15) is 0 Å². The number of nitriles is 1. The molecule has 0 saturated heterocycles. The number of nitrogens with zero attached hydrogens (tertiary/aromatic N) is 4. The van der Waals surface area contributed by atoms with Crippen LogP contribution in [0.2, 0.25) is 0 Å². The Morgan fingerprint density at radius 2 is 2.00 bits per heavy atom. The zero-order chi connectivity index (χ0) is 15.4. The van der Waals surface area contributed by atoms with Gasteiger partial charge in [0.15, 0.2) is 0 Å². The molecule has 0 spiro atoms. The largest absolute Gasteiger partial charge is 0.378 e. The number of rotatable bonds is 4. The summed E-state index contributed by atoms with van der Waals surface area (Å²) >= 11 is 0. The zero-order valence-electron chi connectivity index (χ0n) is 12.5. The standard InChI is InChI=1S/C16H18N4O/c1-12-15(16(21)20(18-12)10-4-9-17)11-13-5-7-14(8-6-13)19(2)3/h5-8,11H,4,10H2,1-3H3. The summed E-state index contributed by atoms with van der Waals surface area (Å²) in [5.74, 6) is -0.139. The van der Waals surface area contributed by atoms with E-state index >= 15 is 0 Å². The lowest BCUT2D eigenvalue weighted by atomic mass is 10.1. The molecule has 0 saturated carbocycles. The van der Waals surface area contributed by atoms with Gasteiger partial charge < -0.3 is 4.90 Å². The molecule has 1 aromatic carbocycles. The zero-order valence-corrected chi connectivity index (χ0v) is 12.5. The van der Waals surface area contributed by atoms with Crippen molar-refractivity contribution in [1.82, 2.24) is 5.01 Å². The molecule has 0 atom stereocenters. The Bertz CT molecular complexity index is 635. The molecular formula is C16H18N4O. The summed E-state index contributed by atoms with van der Waals surface area (Å²) in [5.41, 5.74) is 3.34. The quantitative estimate of drug-likeness (QED) is 0.796. The lowest BCUT2D eigenvalue weighted by Crippen LogP contribution is -2.22. The lowest BCUT2D eigenvalue weighted by Gasteiger charge is -2.12. The molecule has 1 aromatic rings. The SMILES string of the molecule is CC1=NN(CCC#N)C(=O)C1=Cc1ccc(N(C)C)cc1. The first-order valence-corrected chi connectivity index (χ1v) is 6.76. The summed E-state index contributed by atoms with van der Waals surface area (Å²) in [7, 11) is 3.97. The van der Waals surface area contributed by atoms with Crippen LogP contribution in [0.1, 0.15) is 18.9 Å². The van der Waals surface area contributed by atoms with E-state index in [-0.39, 0.29) is 12.3 Å². The van der Waals surface area contributed by atoms with Crippen molar-refractivity contribution in [2.24, 2.45) is 5.10 Å². The fourth-order valence-corrected chi connectivity index (χ4v) is 2.08. The van der Waals surface area contributed by atoms with E-state index in [0.29, 0.717) is 17.8 Å². The number of hydrazone groups is 1. The van der Waals surface area contributed by atoms with Crippen LogP contribution in [0, 0.1) is 11.3 Å². The van der Waals surface area contributed by atoms with Crippen molar-refractivity contribution < 1.29 is 4.79 Å². The number of carbonyl (C=O) groups is 1. The van der Waals surface area contributed by atoms with Crippen LogP contribution in [-0.4, -0.2) is 37.3 Å². The van der Waals surface area contributed by atoms with Gasteiger partial charge >= 0.3 is 0 Å². The Kier molecular flexibility index (Phi) is 4.39. The van der Waals surface area contributed by atoms with Crippen molar-refractivity contribution in [3.8, 4) is 6.07 Å². The Morgan fingerprint density at radius 3 is 2.57 bits per heavy atom. The third-order valence-corrected chi connectivity index (χ3v) is 3.28. The molecule has 1 amide bonds. The molecule has 1 aliphatic heterocycles. The van der Waals surface area contributed by atoms with E-state index in [1.807, 2.05) is 62.3 Å². The molecule has 2 rings (SSSR count). The predicted octanol–water partition coefficient (Wildman–Crippen LogP) is 2.27. The van der Waals surface area contributed by atoms with E-state index in [1.165, 1.54) is 5.01 Å². The van der Waals surface area contributed by atoms with Gasteiger partial charge in [0, 0.05) is 19.8 Å². The predicted molar refractivity (Wildman–Crippen MR) is 83.8 cm³/mol. The first-order valence-electron chi connectivity index (χ1n) is 6.76. The van der Waals surface area contributed by atoms with Gasteiger partial charge in [-0.3, -0.25) is 4.79 Å². The van der Waals surface area contributed by atoms with E-state index in [2.05, 4.69) is 5.10 Å². The number of hydrogen-bond acceptors (Lipinski definition) is 4. The molecule has 0 fully saturated rings. The maximum absolute atomic E-state index is 12.2. The van der Waals surface area contributed by atoms with Gasteiger partial charge in [0.2, 0.25) is 0 Å². The third kappa shape index (κ3) is 3.29. The highest BCUT2D eigenvalue weighted by Gasteiger charge is 2.26. The molecule has 0 aliphatic carbocycles. The van der Waals surface area contributed by atoms with Crippen LogP contribution in [0.15, 0.2) is 34.9 Å². The van der Waals surface area contributed by atoms with E-state index in [4.69, 9.17) is 5.26 Å². The monoisotopic (exact) mass is 282 g/mol. The Hall–Kier alpha value is -2.61. The smallest absolute Gasteiger partial charge is 0.275 e. The van der Waals surface area contributed by atoms with Crippen LogP contribution in [0.25, 0.3) is 6.08 Å². The van der Waals surface area contributed by atoms with Gasteiger partial charge in [-0.1, -0.05) is 12.1 Å². The molecule has 0 radical (unpaired) electrons. The van der Waals surface area contributed by atoms with Crippen molar-refractivity contribution in [3.63, 3.8) is 0 Å². The summed E-state index contributed by atoms with van der Waals surface area (Å²) in [6.45, 7) is 2.15. The van der Waals surface area contributed by atoms with Crippen LogP contribution in [0.4, 0.5) is 5.69 Å². The minimum absolute atomic E-state index is 0.139. The second-order valence-electron chi connectivity index (χ2n) is 5.07. The van der Waals surface area contributed by atoms with Crippen molar-refractivity contribution in [1.29, 1.82) is 5.26 Å². The van der Waals surface area contributed by atoms with Crippen LogP contribution < -0.4 is 4.90 Å². The fraction of sp³-hybridized carbons (Fsp3) is 0.312. The third-order valence-electron chi connectivity index (χ3n) is 3.28. The maximum Gasteiger partial charge on any atom is 0.275 e. The van der Waals surface area contributed by atoms with Crippen molar-refractivity contribution in [3.05, 3.63) is 35.4 Å². The average Bonchev–Trinajstić information content (AvgIpc) is 2.73. The normalized spacial score (nSPS) is 16.1. The molecule has 1 heterocycles. The second-order valence-corrected chi connectivity index (χ2v) is 5.07. The van der Waals surface area contributed by atoms with Crippen LogP contribution >= 0.6 is 0 Å². The highest BCUT2D eigenvalue weighted by Crippen LogP contribution is 2.20. The van der Waals surface area contributed by atoms with Gasteiger partial charge in [-0.05, 0) is 30.7 Å². The van der Waals surface area contributed by atoms with Gasteiger partial charge in [0.05, 0.1) is 30.3 Å². The van der Waals surface area contributed by atoms with E-state index in [1.54, 1.807) is 0 Å². The summed E-state index contributed by atoms with van der Waals surface area (Å²) < 4.78 is 0. The van der Waals surface area contributed by atoms with Gasteiger partial charge in [-0.15, -0.1) is 0 Å². The number of benzene rings is 1. The fourth-order valence-electron chi connectivity index (χ4n) is 2.08. The first-order chi connectivity index (χ1) is 10.0. The molecule has 108 valence electrons. The van der Waals surface area contributed by atoms with E-state index in [9.17, 15) is 4.79 Å². The van der Waals surface area contributed by atoms with Gasteiger partial charge in [0.25, 0.3) is 5.91 Å². The number of hydrogen-bond donors (Lipinski definition) is 0. The molecule has 5 nitrogen and oxygen atoms in total. The molecule has 0 N–H and O–H groups in total. The average molecular weight is 282 g/mol. The van der Waals surface area contributed by atoms with Crippen molar-refractivity contribution in [2.75, 3.05) is 25.5 Å². The summed E-state index contributed by atoms with van der Waals surface area (Å²) in [5, 5.41) is 14.2. The van der Waals surface area contributed by atoms with E-state index in [0.717, 1.165) is 11.3 Å². The highest BCUT2D eigenvalue weighted by atomic mass is 16.2. The first kappa shape index (κ1) is 14.8. The number of amides is 1. The summed E-state index contributed by atoms with van der Waals surface area (Å²) in [6, 6.07) is 9.98. The Morgan fingerprint density at radius 1 is 1.33 bits per heavy atom. The second kappa shape index (κ2) is 6.23. The molecule has 0 unspecified atom stereocenters. The highest BCUT2D eigenvalue weighted by molar-refractivity contribution is 6.26. The van der Waals surface area contributed by atoms with E-state index < -0.39 is 0 Å². The van der Waals surface area contributed by atoms with Crippen LogP contribution in [0.5, 0.6) is 0 Å². The number of anilines is 1. The maximum atomic E-state index is 12.2. The van der Waals surface area contributed by atoms with Gasteiger partial charge in [-0.25, -0.2) is 5.01 Å². The molecular weight excluding hydrogens is 264 g/mol. The van der Waals surface area contributed by atoms with Crippen LogP contribution in [-0.2, 0) is 4.79 Å². The minimum Gasteiger partial charge on any atom is -0.378 e. The van der Waals surface area contributed by atoms with Crippen LogP contribution in [0.3, 0.4) is 0 Å². The molecule has 0 aromatic heterocycles. The molecule has 21 heavy (non-hydrogen) atoms. The summed E-state index contributed by atoms with van der Waals surface area (Å²) in [4.78, 5) is 14.2.